The van der Waals surface area contributed by atoms with Gasteiger partial charge in [-0.3, -0.25) is 4.72 Å². The third-order valence-electron chi connectivity index (χ3n) is 3.07. The minimum absolute atomic E-state index is 0.0539. The number of nitrogens with zero attached hydrogens (tertiary/aromatic N) is 1. The van der Waals surface area contributed by atoms with Crippen LogP contribution in [0.2, 0.25) is 0 Å². The fourth-order valence-electron chi connectivity index (χ4n) is 1.93. The molecule has 6 heteroatoms. The number of anilines is 1. The van der Waals surface area contributed by atoms with Crippen molar-refractivity contribution in [1.29, 1.82) is 5.26 Å². The van der Waals surface area contributed by atoms with E-state index in [2.05, 4.69) is 4.72 Å². The Morgan fingerprint density at radius 1 is 1.23 bits per heavy atom. The van der Waals surface area contributed by atoms with E-state index in [0.29, 0.717) is 17.9 Å². The summed E-state index contributed by atoms with van der Waals surface area (Å²) in [6.07, 6.45) is 0. The van der Waals surface area contributed by atoms with E-state index in [0.717, 1.165) is 5.56 Å². The predicted octanol–water partition coefficient (Wildman–Crippen LogP) is 3.07. The summed E-state index contributed by atoms with van der Waals surface area (Å²) in [6, 6.07) is 13.3. The van der Waals surface area contributed by atoms with Crippen LogP contribution in [0.1, 0.15) is 18.1 Å². The standard InChI is InChI=1S/C16H16N2O3S/c1-3-21-16-10-14(9-8-13(16)11-17)22(19,20)18-15-7-5-4-6-12(15)2/h4-10,18H,3H2,1-2H3. The molecule has 0 radical (unpaired) electrons. The average molecular weight is 316 g/mol. The molecule has 0 saturated heterocycles. The number of para-hydroxylation sites is 1. The van der Waals surface area contributed by atoms with Gasteiger partial charge in [-0.2, -0.15) is 5.26 Å². The Balaban J connectivity index is 2.40. The molecular formula is C16H16N2O3S. The predicted molar refractivity (Wildman–Crippen MR) is 84.3 cm³/mol. The second-order valence-electron chi connectivity index (χ2n) is 4.62. The highest BCUT2D eigenvalue weighted by molar-refractivity contribution is 7.92. The van der Waals surface area contributed by atoms with Crippen LogP contribution in [0.4, 0.5) is 5.69 Å². The van der Waals surface area contributed by atoms with Crippen LogP contribution >= 0.6 is 0 Å². The molecule has 0 amide bonds. The quantitative estimate of drug-likeness (QED) is 0.919. The Kier molecular flexibility index (Phi) is 4.68. The molecule has 5 nitrogen and oxygen atoms in total. The Morgan fingerprint density at radius 2 is 1.95 bits per heavy atom. The van der Waals surface area contributed by atoms with Gasteiger partial charge in [0.25, 0.3) is 10.0 Å². The number of rotatable bonds is 5. The lowest BCUT2D eigenvalue weighted by atomic mass is 10.2. The molecule has 1 N–H and O–H groups in total. The molecule has 2 rings (SSSR count). The monoisotopic (exact) mass is 316 g/mol. The number of sulfonamides is 1. The summed E-state index contributed by atoms with van der Waals surface area (Å²) in [4.78, 5) is 0.0539. The minimum Gasteiger partial charge on any atom is -0.492 e. The molecule has 0 aliphatic carbocycles. The van der Waals surface area contributed by atoms with E-state index in [9.17, 15) is 8.42 Å². The molecule has 0 atom stereocenters. The van der Waals surface area contributed by atoms with Crippen LogP contribution in [0.5, 0.6) is 5.75 Å². The maximum atomic E-state index is 12.5. The van der Waals surface area contributed by atoms with Gasteiger partial charge in [0.05, 0.1) is 22.8 Å². The van der Waals surface area contributed by atoms with Crippen LogP contribution in [-0.4, -0.2) is 15.0 Å². The second kappa shape index (κ2) is 6.50. The van der Waals surface area contributed by atoms with E-state index in [-0.39, 0.29) is 10.6 Å². The topological polar surface area (TPSA) is 79.2 Å². The largest absolute Gasteiger partial charge is 0.492 e. The van der Waals surface area contributed by atoms with Crippen molar-refractivity contribution in [3.8, 4) is 11.8 Å². The summed E-state index contributed by atoms with van der Waals surface area (Å²) in [5.41, 5.74) is 1.64. The van der Waals surface area contributed by atoms with Crippen LogP contribution in [0, 0.1) is 18.3 Å². The highest BCUT2D eigenvalue weighted by Gasteiger charge is 2.17. The van der Waals surface area contributed by atoms with Gasteiger partial charge in [0, 0.05) is 6.07 Å². The molecule has 114 valence electrons. The number of nitrogens with one attached hydrogen (secondary N) is 1. The van der Waals surface area contributed by atoms with Gasteiger partial charge in [0.1, 0.15) is 11.8 Å². The Morgan fingerprint density at radius 3 is 2.59 bits per heavy atom. The molecule has 2 aromatic rings. The van der Waals surface area contributed by atoms with Gasteiger partial charge < -0.3 is 4.74 Å². The van der Waals surface area contributed by atoms with Crippen molar-refractivity contribution in [2.24, 2.45) is 0 Å². The molecule has 2 aromatic carbocycles. The second-order valence-corrected chi connectivity index (χ2v) is 6.31. The molecule has 22 heavy (non-hydrogen) atoms. The van der Waals surface area contributed by atoms with Gasteiger partial charge in [0.15, 0.2) is 0 Å². The first-order chi connectivity index (χ1) is 10.5. The van der Waals surface area contributed by atoms with Gasteiger partial charge in [-0.15, -0.1) is 0 Å². The van der Waals surface area contributed by atoms with Gasteiger partial charge in [-0.05, 0) is 37.6 Å². The fourth-order valence-corrected chi connectivity index (χ4v) is 3.07. The Bertz CT molecular complexity index is 824. The summed E-state index contributed by atoms with van der Waals surface area (Å²) in [5, 5.41) is 9.02. The lowest BCUT2D eigenvalue weighted by Gasteiger charge is -2.12. The number of nitriles is 1. The first kappa shape index (κ1) is 15.9. The van der Waals surface area contributed by atoms with Crippen LogP contribution < -0.4 is 9.46 Å². The van der Waals surface area contributed by atoms with Gasteiger partial charge in [-0.25, -0.2) is 8.42 Å². The molecule has 0 unspecified atom stereocenters. The van der Waals surface area contributed by atoms with Crippen molar-refractivity contribution in [2.75, 3.05) is 11.3 Å². The minimum atomic E-state index is -3.74. The number of hydrogen-bond donors (Lipinski definition) is 1. The maximum absolute atomic E-state index is 12.5. The van der Waals surface area contributed by atoms with Crippen molar-refractivity contribution in [3.63, 3.8) is 0 Å². The fraction of sp³-hybridized carbons (Fsp3) is 0.188. The van der Waals surface area contributed by atoms with Crippen LogP contribution in [-0.2, 0) is 10.0 Å². The number of benzene rings is 2. The van der Waals surface area contributed by atoms with Crippen molar-refractivity contribution >= 4 is 15.7 Å². The normalized spacial score (nSPS) is 10.8. The first-order valence-corrected chi connectivity index (χ1v) is 8.21. The summed E-state index contributed by atoms with van der Waals surface area (Å²) in [7, 11) is -3.74. The molecule has 0 aliphatic heterocycles. The average Bonchev–Trinajstić information content (AvgIpc) is 2.50. The van der Waals surface area contributed by atoms with Gasteiger partial charge in [-0.1, -0.05) is 18.2 Å². The van der Waals surface area contributed by atoms with E-state index in [1.807, 2.05) is 25.1 Å². The third kappa shape index (κ3) is 3.38. The van der Waals surface area contributed by atoms with Crippen LogP contribution in [0.3, 0.4) is 0 Å². The zero-order valence-corrected chi connectivity index (χ0v) is 13.1. The van der Waals surface area contributed by atoms with Crippen molar-refractivity contribution in [3.05, 3.63) is 53.6 Å². The molecule has 0 bridgehead atoms. The summed E-state index contributed by atoms with van der Waals surface area (Å²) < 4.78 is 32.8. The first-order valence-electron chi connectivity index (χ1n) is 6.73. The SMILES string of the molecule is CCOc1cc(S(=O)(=O)Nc2ccccc2C)ccc1C#N. The number of ether oxygens (including phenoxy) is 1. The lowest BCUT2D eigenvalue weighted by molar-refractivity contribution is 0.338. The van der Waals surface area contributed by atoms with Crippen molar-refractivity contribution in [1.82, 2.24) is 0 Å². The van der Waals surface area contributed by atoms with Crippen molar-refractivity contribution in [2.45, 2.75) is 18.7 Å². The van der Waals surface area contributed by atoms with E-state index in [1.165, 1.54) is 18.2 Å². The lowest BCUT2D eigenvalue weighted by Crippen LogP contribution is -2.14. The molecular weight excluding hydrogens is 300 g/mol. The van der Waals surface area contributed by atoms with Crippen LogP contribution in [0.15, 0.2) is 47.4 Å². The molecule has 0 spiro atoms. The molecule has 0 saturated carbocycles. The molecule has 0 aromatic heterocycles. The smallest absolute Gasteiger partial charge is 0.262 e. The molecule has 0 aliphatic rings. The van der Waals surface area contributed by atoms with E-state index in [1.54, 1.807) is 19.1 Å². The number of hydrogen-bond acceptors (Lipinski definition) is 4. The summed E-state index contributed by atoms with van der Waals surface area (Å²) >= 11 is 0. The molecule has 0 heterocycles. The van der Waals surface area contributed by atoms with Gasteiger partial charge in [0.2, 0.25) is 0 Å². The third-order valence-corrected chi connectivity index (χ3v) is 4.44. The number of aryl methyl sites for hydroxylation is 1. The summed E-state index contributed by atoms with van der Waals surface area (Å²) in [5.74, 6) is 0.262. The maximum Gasteiger partial charge on any atom is 0.262 e. The zero-order valence-electron chi connectivity index (χ0n) is 12.3. The van der Waals surface area contributed by atoms with E-state index in [4.69, 9.17) is 10.00 Å². The molecule has 0 fully saturated rings. The van der Waals surface area contributed by atoms with E-state index >= 15 is 0 Å². The highest BCUT2D eigenvalue weighted by atomic mass is 32.2. The van der Waals surface area contributed by atoms with E-state index < -0.39 is 10.0 Å². The van der Waals surface area contributed by atoms with Crippen molar-refractivity contribution < 1.29 is 13.2 Å². The van der Waals surface area contributed by atoms with Gasteiger partial charge >= 0.3 is 0 Å². The van der Waals surface area contributed by atoms with Crippen LogP contribution in [0.25, 0.3) is 0 Å². The Labute approximate surface area is 130 Å². The highest BCUT2D eigenvalue weighted by Crippen LogP contribution is 2.25. The zero-order chi connectivity index (χ0) is 16.2. The summed E-state index contributed by atoms with van der Waals surface area (Å²) in [6.45, 7) is 3.94. The Hall–Kier alpha value is -2.52.